The number of hydrogen-bond acceptors (Lipinski definition) is 2. The van der Waals surface area contributed by atoms with Gasteiger partial charge in [-0.2, -0.15) is 0 Å². The molecule has 0 aliphatic heterocycles. The van der Waals surface area contributed by atoms with Crippen LogP contribution in [-0.2, 0) is 0 Å². The summed E-state index contributed by atoms with van der Waals surface area (Å²) in [6, 6.07) is 19.1. The molecule has 0 radical (unpaired) electrons. The fourth-order valence-electron chi connectivity index (χ4n) is 2.44. The van der Waals surface area contributed by atoms with Crippen molar-refractivity contribution in [2.75, 3.05) is 10.6 Å². The fourth-order valence-corrected chi connectivity index (χ4v) is 2.44. The van der Waals surface area contributed by atoms with E-state index in [1.807, 2.05) is 12.1 Å². The van der Waals surface area contributed by atoms with Crippen LogP contribution in [0.4, 0.5) is 17.1 Å². The van der Waals surface area contributed by atoms with Crippen LogP contribution in [0, 0.1) is 5.92 Å². The second-order valence-corrected chi connectivity index (χ2v) is 5.42. The van der Waals surface area contributed by atoms with Crippen LogP contribution in [0.5, 0.6) is 0 Å². The summed E-state index contributed by atoms with van der Waals surface area (Å²) in [7, 11) is 0. The normalized spacial score (nSPS) is 13.8. The van der Waals surface area contributed by atoms with Gasteiger partial charge in [-0.25, -0.2) is 0 Å². The van der Waals surface area contributed by atoms with E-state index >= 15 is 0 Å². The van der Waals surface area contributed by atoms with E-state index in [-0.39, 0.29) is 0 Å². The van der Waals surface area contributed by atoms with Gasteiger partial charge in [-0.05, 0) is 49.2 Å². The van der Waals surface area contributed by atoms with Gasteiger partial charge in [0.2, 0.25) is 0 Å². The number of nitrogens with zero attached hydrogens (tertiary/aromatic N) is 1. The van der Waals surface area contributed by atoms with E-state index in [1.54, 1.807) is 0 Å². The van der Waals surface area contributed by atoms with E-state index in [0.717, 1.165) is 5.69 Å². The number of benzene rings is 2. The molecule has 0 amide bonds. The molecular weight excluding hydrogens is 244 g/mol. The molecule has 0 aromatic heterocycles. The van der Waals surface area contributed by atoms with Gasteiger partial charge in [-0.1, -0.05) is 38.5 Å². The number of anilines is 3. The number of nitrogen functional groups attached to an aromatic ring is 1. The average molecular weight is 268 g/mol. The Labute approximate surface area is 122 Å². The van der Waals surface area contributed by atoms with Crippen LogP contribution in [0.25, 0.3) is 0 Å². The molecule has 2 unspecified atom stereocenters. The number of rotatable bonds is 5. The van der Waals surface area contributed by atoms with Crippen LogP contribution < -0.4 is 10.6 Å². The Morgan fingerprint density at radius 2 is 1.45 bits per heavy atom. The fraction of sp³-hybridized carbons (Fsp3) is 0.333. The largest absolute Gasteiger partial charge is 0.399 e. The molecule has 2 aromatic carbocycles. The van der Waals surface area contributed by atoms with Crippen molar-refractivity contribution in [2.45, 2.75) is 33.2 Å². The molecule has 2 N–H and O–H groups in total. The minimum absolute atomic E-state index is 0.436. The lowest BCUT2D eigenvalue weighted by Crippen LogP contribution is -2.33. The summed E-state index contributed by atoms with van der Waals surface area (Å²) in [5, 5.41) is 0. The molecule has 0 aliphatic rings. The van der Waals surface area contributed by atoms with Gasteiger partial charge in [0, 0.05) is 23.1 Å². The summed E-state index contributed by atoms with van der Waals surface area (Å²) in [4.78, 5) is 2.40. The highest BCUT2D eigenvalue weighted by molar-refractivity contribution is 5.65. The van der Waals surface area contributed by atoms with Crippen LogP contribution >= 0.6 is 0 Å². The Bertz CT molecular complexity index is 519. The molecule has 0 saturated carbocycles. The van der Waals surface area contributed by atoms with Gasteiger partial charge in [-0.15, -0.1) is 0 Å². The van der Waals surface area contributed by atoms with Crippen molar-refractivity contribution in [3.05, 3.63) is 54.6 Å². The summed E-state index contributed by atoms with van der Waals surface area (Å²) < 4.78 is 0. The van der Waals surface area contributed by atoms with E-state index < -0.39 is 0 Å². The Hall–Kier alpha value is -1.96. The number of para-hydroxylation sites is 1. The summed E-state index contributed by atoms with van der Waals surface area (Å²) in [5.74, 6) is 0.618. The molecule has 0 spiro atoms. The van der Waals surface area contributed by atoms with E-state index in [2.05, 4.69) is 68.1 Å². The Morgan fingerprint density at radius 3 is 2.00 bits per heavy atom. The molecule has 2 rings (SSSR count). The quantitative estimate of drug-likeness (QED) is 0.786. The Morgan fingerprint density at radius 1 is 0.900 bits per heavy atom. The van der Waals surface area contributed by atoms with Crippen molar-refractivity contribution in [2.24, 2.45) is 5.92 Å². The van der Waals surface area contributed by atoms with E-state index in [1.165, 1.54) is 17.8 Å². The van der Waals surface area contributed by atoms with Crippen LogP contribution in [0.15, 0.2) is 54.6 Å². The molecule has 0 bridgehead atoms. The van der Waals surface area contributed by atoms with Crippen molar-refractivity contribution in [1.82, 2.24) is 0 Å². The first-order valence-corrected chi connectivity index (χ1v) is 7.33. The summed E-state index contributed by atoms with van der Waals surface area (Å²) in [6.07, 6.45) is 1.17. The molecular formula is C18H24N2. The van der Waals surface area contributed by atoms with Crippen molar-refractivity contribution in [3.8, 4) is 0 Å². The monoisotopic (exact) mass is 268 g/mol. The topological polar surface area (TPSA) is 29.3 Å². The zero-order valence-corrected chi connectivity index (χ0v) is 12.6. The lowest BCUT2D eigenvalue weighted by atomic mass is 9.98. The van der Waals surface area contributed by atoms with Gasteiger partial charge in [0.25, 0.3) is 0 Å². The minimum atomic E-state index is 0.436. The Kier molecular flexibility index (Phi) is 4.67. The molecule has 0 fully saturated rings. The van der Waals surface area contributed by atoms with Gasteiger partial charge < -0.3 is 10.6 Å². The molecule has 0 heterocycles. The first-order chi connectivity index (χ1) is 9.63. The van der Waals surface area contributed by atoms with Gasteiger partial charge >= 0.3 is 0 Å². The maximum atomic E-state index is 5.81. The van der Waals surface area contributed by atoms with Crippen molar-refractivity contribution in [3.63, 3.8) is 0 Å². The molecule has 2 atom stereocenters. The van der Waals surface area contributed by atoms with E-state index in [9.17, 15) is 0 Å². The Balaban J connectivity index is 2.41. The van der Waals surface area contributed by atoms with Crippen LogP contribution in [-0.4, -0.2) is 6.04 Å². The van der Waals surface area contributed by atoms with Gasteiger partial charge in [0.05, 0.1) is 0 Å². The zero-order valence-electron chi connectivity index (χ0n) is 12.6. The van der Waals surface area contributed by atoms with Crippen molar-refractivity contribution < 1.29 is 0 Å². The molecule has 2 heteroatoms. The van der Waals surface area contributed by atoms with Crippen molar-refractivity contribution in [1.29, 1.82) is 0 Å². The first kappa shape index (κ1) is 14.4. The van der Waals surface area contributed by atoms with Crippen LogP contribution in [0.1, 0.15) is 27.2 Å². The van der Waals surface area contributed by atoms with Gasteiger partial charge in [0.1, 0.15) is 0 Å². The smallest absolute Gasteiger partial charge is 0.0414 e. The first-order valence-electron chi connectivity index (χ1n) is 7.33. The van der Waals surface area contributed by atoms with Crippen LogP contribution in [0.2, 0.25) is 0 Å². The van der Waals surface area contributed by atoms with Crippen molar-refractivity contribution >= 4 is 17.1 Å². The highest BCUT2D eigenvalue weighted by Gasteiger charge is 2.20. The second-order valence-electron chi connectivity index (χ2n) is 5.42. The maximum absolute atomic E-state index is 5.81. The lowest BCUT2D eigenvalue weighted by Gasteiger charge is -2.35. The average Bonchev–Trinajstić information content (AvgIpc) is 2.49. The predicted molar refractivity (Wildman–Crippen MR) is 88.4 cm³/mol. The SMILES string of the molecule is CCC(C)C(C)N(c1ccccc1)c1ccc(N)cc1. The standard InChI is InChI=1S/C18H24N2/c1-4-14(2)15(3)20(17-8-6-5-7-9-17)18-12-10-16(19)11-13-18/h5-15H,4,19H2,1-3H3. The third kappa shape index (κ3) is 3.13. The van der Waals surface area contributed by atoms with Gasteiger partial charge in [0.15, 0.2) is 0 Å². The number of hydrogen-bond donors (Lipinski definition) is 1. The maximum Gasteiger partial charge on any atom is 0.0414 e. The third-order valence-electron chi connectivity index (χ3n) is 4.08. The summed E-state index contributed by atoms with van der Waals surface area (Å²) in [5.41, 5.74) is 9.03. The molecule has 0 saturated heterocycles. The zero-order chi connectivity index (χ0) is 14.5. The van der Waals surface area contributed by atoms with Gasteiger partial charge in [-0.3, -0.25) is 0 Å². The van der Waals surface area contributed by atoms with Crippen LogP contribution in [0.3, 0.4) is 0 Å². The lowest BCUT2D eigenvalue weighted by molar-refractivity contribution is 0.463. The second kappa shape index (κ2) is 6.47. The minimum Gasteiger partial charge on any atom is -0.399 e. The highest BCUT2D eigenvalue weighted by Crippen LogP contribution is 2.31. The number of nitrogens with two attached hydrogens (primary N) is 1. The molecule has 2 aromatic rings. The summed E-state index contributed by atoms with van der Waals surface area (Å²) in [6.45, 7) is 6.84. The molecule has 20 heavy (non-hydrogen) atoms. The molecule has 106 valence electrons. The van der Waals surface area contributed by atoms with E-state index in [4.69, 9.17) is 5.73 Å². The highest BCUT2D eigenvalue weighted by atomic mass is 15.2. The summed E-state index contributed by atoms with van der Waals surface area (Å²) >= 11 is 0. The molecule has 0 aliphatic carbocycles. The molecule has 2 nitrogen and oxygen atoms in total. The van der Waals surface area contributed by atoms with E-state index in [0.29, 0.717) is 12.0 Å². The predicted octanol–water partition coefficient (Wildman–Crippen LogP) is 4.84. The third-order valence-corrected chi connectivity index (χ3v) is 4.08.